The highest BCUT2D eigenvalue weighted by molar-refractivity contribution is 5.66. The zero-order valence-corrected chi connectivity index (χ0v) is 12.6. The van der Waals surface area contributed by atoms with Gasteiger partial charge in [-0.1, -0.05) is 12.1 Å². The van der Waals surface area contributed by atoms with E-state index in [0.29, 0.717) is 6.61 Å². The van der Waals surface area contributed by atoms with Gasteiger partial charge >= 0.3 is 0 Å². The number of aromatic amines is 1. The number of imidazole rings is 1. The van der Waals surface area contributed by atoms with Gasteiger partial charge in [0, 0.05) is 12.0 Å². The van der Waals surface area contributed by atoms with Crippen LogP contribution in [-0.2, 0) is 6.42 Å². The predicted octanol–water partition coefficient (Wildman–Crippen LogP) is 3.02. The molecule has 0 radical (unpaired) electrons. The Labute approximate surface area is 125 Å². The summed E-state index contributed by atoms with van der Waals surface area (Å²) in [5.41, 5.74) is 2.13. The van der Waals surface area contributed by atoms with Gasteiger partial charge in [0.1, 0.15) is 11.6 Å². The van der Waals surface area contributed by atoms with Gasteiger partial charge < -0.3 is 15.0 Å². The summed E-state index contributed by atoms with van der Waals surface area (Å²) in [5.74, 6) is 2.74. The number of nitrogens with one attached hydrogen (secondary N) is 2. The van der Waals surface area contributed by atoms with Gasteiger partial charge in [0.05, 0.1) is 18.5 Å². The van der Waals surface area contributed by atoms with E-state index in [1.54, 1.807) is 0 Å². The van der Waals surface area contributed by atoms with Gasteiger partial charge in [-0.3, -0.25) is 0 Å². The van der Waals surface area contributed by atoms with Crippen LogP contribution in [0.25, 0.3) is 11.3 Å². The third-order valence-corrected chi connectivity index (χ3v) is 4.05. The van der Waals surface area contributed by atoms with Crippen LogP contribution in [-0.4, -0.2) is 29.7 Å². The Kier molecular flexibility index (Phi) is 4.55. The highest BCUT2D eigenvalue weighted by Gasteiger charge is 2.16. The van der Waals surface area contributed by atoms with Crippen LogP contribution >= 0.6 is 0 Å². The van der Waals surface area contributed by atoms with Crippen molar-refractivity contribution in [2.24, 2.45) is 5.92 Å². The lowest BCUT2D eigenvalue weighted by molar-refractivity contribution is 0.341. The summed E-state index contributed by atoms with van der Waals surface area (Å²) in [6, 6.07) is 8.12. The number of nitrogens with zero attached hydrogens (tertiary/aromatic N) is 1. The lowest BCUT2D eigenvalue weighted by Crippen LogP contribution is -2.28. The molecule has 0 unspecified atom stereocenters. The van der Waals surface area contributed by atoms with Crippen molar-refractivity contribution in [1.82, 2.24) is 15.3 Å². The molecule has 1 aliphatic heterocycles. The van der Waals surface area contributed by atoms with E-state index in [4.69, 9.17) is 4.74 Å². The topological polar surface area (TPSA) is 49.9 Å². The minimum Gasteiger partial charge on any atom is -0.493 e. The van der Waals surface area contributed by atoms with Gasteiger partial charge in [0.15, 0.2) is 0 Å². The van der Waals surface area contributed by atoms with E-state index in [0.717, 1.165) is 48.3 Å². The molecule has 1 fully saturated rings. The third kappa shape index (κ3) is 3.45. The van der Waals surface area contributed by atoms with Crippen molar-refractivity contribution in [1.29, 1.82) is 0 Å². The highest BCUT2D eigenvalue weighted by atomic mass is 16.5. The van der Waals surface area contributed by atoms with Gasteiger partial charge in [-0.2, -0.15) is 0 Å². The molecular weight excluding hydrogens is 262 g/mol. The van der Waals surface area contributed by atoms with Crippen molar-refractivity contribution >= 4 is 0 Å². The number of benzene rings is 1. The fourth-order valence-corrected chi connectivity index (χ4v) is 2.93. The van der Waals surface area contributed by atoms with Gasteiger partial charge in [0.25, 0.3) is 0 Å². The van der Waals surface area contributed by atoms with Crippen LogP contribution in [0.1, 0.15) is 25.6 Å². The SMILES string of the molecule is CCOc1ccccc1-c1cnc(CC2CCNCC2)[nH]1. The van der Waals surface area contributed by atoms with Crippen LogP contribution in [0.4, 0.5) is 0 Å². The van der Waals surface area contributed by atoms with Crippen LogP contribution in [0, 0.1) is 5.92 Å². The van der Waals surface area contributed by atoms with E-state index in [1.807, 2.05) is 31.3 Å². The van der Waals surface area contributed by atoms with E-state index in [9.17, 15) is 0 Å². The van der Waals surface area contributed by atoms with Crippen molar-refractivity contribution in [3.05, 3.63) is 36.3 Å². The third-order valence-electron chi connectivity index (χ3n) is 4.05. The van der Waals surface area contributed by atoms with Crippen LogP contribution in [0.5, 0.6) is 5.75 Å². The molecule has 3 rings (SSSR count). The maximum Gasteiger partial charge on any atom is 0.128 e. The van der Waals surface area contributed by atoms with Crippen LogP contribution in [0.3, 0.4) is 0 Å². The molecule has 1 aromatic heterocycles. The first-order chi connectivity index (χ1) is 10.4. The van der Waals surface area contributed by atoms with Crippen LogP contribution in [0.2, 0.25) is 0 Å². The van der Waals surface area contributed by atoms with Crippen molar-refractivity contribution in [3.63, 3.8) is 0 Å². The average Bonchev–Trinajstić information content (AvgIpc) is 2.97. The van der Waals surface area contributed by atoms with Crippen LogP contribution < -0.4 is 10.1 Å². The van der Waals surface area contributed by atoms with E-state index < -0.39 is 0 Å². The molecule has 0 amide bonds. The summed E-state index contributed by atoms with van der Waals surface area (Å²) in [6.45, 7) is 4.94. The number of hydrogen-bond acceptors (Lipinski definition) is 3. The number of para-hydroxylation sites is 1. The molecule has 2 aromatic rings. The Morgan fingerprint density at radius 2 is 2.05 bits per heavy atom. The minimum absolute atomic E-state index is 0.674. The van der Waals surface area contributed by atoms with Gasteiger partial charge in [-0.15, -0.1) is 0 Å². The maximum absolute atomic E-state index is 5.69. The Hall–Kier alpha value is -1.81. The summed E-state index contributed by atoms with van der Waals surface area (Å²) < 4.78 is 5.69. The number of hydrogen-bond donors (Lipinski definition) is 2. The number of piperidine rings is 1. The number of rotatable bonds is 5. The molecule has 0 atom stereocenters. The second-order valence-electron chi connectivity index (χ2n) is 5.57. The Morgan fingerprint density at radius 3 is 2.86 bits per heavy atom. The average molecular weight is 285 g/mol. The molecule has 0 saturated carbocycles. The molecule has 112 valence electrons. The predicted molar refractivity (Wildman–Crippen MR) is 84.5 cm³/mol. The van der Waals surface area contributed by atoms with Crippen molar-refractivity contribution < 1.29 is 4.74 Å². The first-order valence-electron chi connectivity index (χ1n) is 7.83. The van der Waals surface area contributed by atoms with Crippen molar-refractivity contribution in [2.45, 2.75) is 26.2 Å². The number of ether oxygens (including phenoxy) is 1. The van der Waals surface area contributed by atoms with E-state index in [2.05, 4.69) is 21.4 Å². The minimum atomic E-state index is 0.674. The maximum atomic E-state index is 5.69. The molecule has 4 heteroatoms. The molecule has 0 spiro atoms. The first-order valence-corrected chi connectivity index (χ1v) is 7.83. The summed E-state index contributed by atoms with van der Waals surface area (Å²) in [6.07, 6.45) is 5.45. The monoisotopic (exact) mass is 285 g/mol. The largest absolute Gasteiger partial charge is 0.493 e. The zero-order chi connectivity index (χ0) is 14.5. The number of H-pyrrole nitrogens is 1. The van der Waals surface area contributed by atoms with Crippen LogP contribution in [0.15, 0.2) is 30.5 Å². The second kappa shape index (κ2) is 6.76. The Bertz CT molecular complexity index is 573. The summed E-state index contributed by atoms with van der Waals surface area (Å²) in [5, 5.41) is 3.41. The summed E-state index contributed by atoms with van der Waals surface area (Å²) in [4.78, 5) is 8.02. The molecule has 2 N–H and O–H groups in total. The number of aromatic nitrogens is 2. The second-order valence-corrected chi connectivity index (χ2v) is 5.57. The summed E-state index contributed by atoms with van der Waals surface area (Å²) >= 11 is 0. The fraction of sp³-hybridized carbons (Fsp3) is 0.471. The van der Waals surface area contributed by atoms with Gasteiger partial charge in [0.2, 0.25) is 0 Å². The molecule has 21 heavy (non-hydrogen) atoms. The van der Waals surface area contributed by atoms with Gasteiger partial charge in [-0.05, 0) is 50.9 Å². The lowest BCUT2D eigenvalue weighted by atomic mass is 9.94. The molecule has 2 heterocycles. The van der Waals surface area contributed by atoms with E-state index in [-0.39, 0.29) is 0 Å². The molecule has 4 nitrogen and oxygen atoms in total. The zero-order valence-electron chi connectivity index (χ0n) is 12.6. The Balaban J connectivity index is 1.75. The summed E-state index contributed by atoms with van der Waals surface area (Å²) in [7, 11) is 0. The molecule has 1 aliphatic rings. The standard InChI is InChI=1S/C17H23N3O/c1-2-21-16-6-4-3-5-14(16)15-12-19-17(20-15)11-13-7-9-18-10-8-13/h3-6,12-13,18H,2,7-11H2,1H3,(H,19,20). The first kappa shape index (κ1) is 14.1. The lowest BCUT2D eigenvalue weighted by Gasteiger charge is -2.21. The van der Waals surface area contributed by atoms with E-state index >= 15 is 0 Å². The fourth-order valence-electron chi connectivity index (χ4n) is 2.93. The molecular formula is C17H23N3O. The molecule has 0 bridgehead atoms. The quantitative estimate of drug-likeness (QED) is 0.888. The highest BCUT2D eigenvalue weighted by Crippen LogP contribution is 2.29. The molecule has 0 aliphatic carbocycles. The van der Waals surface area contributed by atoms with E-state index in [1.165, 1.54) is 12.8 Å². The van der Waals surface area contributed by atoms with Crippen molar-refractivity contribution in [3.8, 4) is 17.0 Å². The van der Waals surface area contributed by atoms with Crippen molar-refractivity contribution in [2.75, 3.05) is 19.7 Å². The molecule has 1 saturated heterocycles. The smallest absolute Gasteiger partial charge is 0.128 e. The Morgan fingerprint density at radius 1 is 1.24 bits per heavy atom. The normalized spacial score (nSPS) is 16.0. The molecule has 1 aromatic carbocycles. The van der Waals surface area contributed by atoms with Gasteiger partial charge in [-0.25, -0.2) is 4.98 Å².